The summed E-state index contributed by atoms with van der Waals surface area (Å²) < 4.78 is 4.86. The third kappa shape index (κ3) is 2.49. The lowest BCUT2D eigenvalue weighted by Crippen LogP contribution is -2.05. The molecule has 0 aromatic heterocycles. The molecule has 0 fully saturated rings. The van der Waals surface area contributed by atoms with Gasteiger partial charge in [0, 0.05) is 0 Å². The van der Waals surface area contributed by atoms with Gasteiger partial charge >= 0.3 is 0 Å². The monoisotopic (exact) mass is 140 g/mol. The van der Waals surface area contributed by atoms with Crippen molar-refractivity contribution in [1.82, 2.24) is 0 Å². The molecule has 0 unspecified atom stereocenters. The van der Waals surface area contributed by atoms with E-state index < -0.39 is 0 Å². The number of rotatable bonds is 4. The maximum atomic E-state index is 10.9. The molecule has 2 heteroatoms. The second-order valence-corrected chi connectivity index (χ2v) is 1.97. The lowest BCUT2D eigenvalue weighted by atomic mass is 10.2. The highest BCUT2D eigenvalue weighted by Crippen LogP contribution is 2.01. The van der Waals surface area contributed by atoms with E-state index in [-0.39, 0.29) is 11.5 Å². The van der Waals surface area contributed by atoms with Gasteiger partial charge in [0.1, 0.15) is 0 Å². The van der Waals surface area contributed by atoms with Gasteiger partial charge in [-0.05, 0) is 19.4 Å². The Balaban J connectivity index is 3.96. The zero-order chi connectivity index (χ0) is 8.15. The van der Waals surface area contributed by atoms with Crippen molar-refractivity contribution in [2.75, 3.05) is 6.61 Å². The summed E-state index contributed by atoms with van der Waals surface area (Å²) in [5, 5.41) is 0. The van der Waals surface area contributed by atoms with Gasteiger partial charge < -0.3 is 4.74 Å². The van der Waals surface area contributed by atoms with Crippen LogP contribution in [0, 0.1) is 0 Å². The number of ether oxygens (including phenoxy) is 1. The lowest BCUT2D eigenvalue weighted by molar-refractivity contribution is -0.115. The van der Waals surface area contributed by atoms with Crippen molar-refractivity contribution < 1.29 is 9.53 Å². The molecule has 0 atom stereocenters. The van der Waals surface area contributed by atoms with Crippen LogP contribution in [0.4, 0.5) is 0 Å². The van der Waals surface area contributed by atoms with Gasteiger partial charge in [-0.2, -0.15) is 0 Å². The molecule has 0 rings (SSSR count). The molecular weight excluding hydrogens is 128 g/mol. The second-order valence-electron chi connectivity index (χ2n) is 1.97. The molecule has 0 aliphatic carbocycles. The van der Waals surface area contributed by atoms with Crippen LogP contribution in [0.3, 0.4) is 0 Å². The molecule has 56 valence electrons. The minimum atomic E-state index is -0.207. The van der Waals surface area contributed by atoms with Gasteiger partial charge in [0.2, 0.25) is 5.78 Å². The highest BCUT2D eigenvalue weighted by Gasteiger charge is 2.06. The Hall–Kier alpha value is -1.05. The number of ketones is 1. The fraction of sp³-hybridized carbons (Fsp3) is 0.375. The van der Waals surface area contributed by atoms with Gasteiger partial charge in [0.25, 0.3) is 0 Å². The molecular formula is C8H12O2. The molecule has 0 amide bonds. The Labute approximate surface area is 61.2 Å². The smallest absolute Gasteiger partial charge is 0.222 e. The van der Waals surface area contributed by atoms with Gasteiger partial charge in [0.15, 0.2) is 5.76 Å². The van der Waals surface area contributed by atoms with Crippen molar-refractivity contribution in [3.8, 4) is 0 Å². The van der Waals surface area contributed by atoms with Crippen molar-refractivity contribution in [2.24, 2.45) is 0 Å². The van der Waals surface area contributed by atoms with Gasteiger partial charge in [-0.3, -0.25) is 4.79 Å². The van der Waals surface area contributed by atoms with E-state index in [9.17, 15) is 4.79 Å². The number of carbonyl (C=O) groups is 1. The predicted molar refractivity (Wildman–Crippen MR) is 40.6 cm³/mol. The lowest BCUT2D eigenvalue weighted by Gasteiger charge is -2.03. The number of carbonyl (C=O) groups excluding carboxylic acids is 1. The number of Topliss-reactive ketones (excluding diaryl/α,β-unsaturated/α-hetero) is 1. The molecule has 0 heterocycles. The van der Waals surface area contributed by atoms with Crippen molar-refractivity contribution in [3.63, 3.8) is 0 Å². The van der Waals surface area contributed by atoms with E-state index in [0.717, 1.165) is 0 Å². The van der Waals surface area contributed by atoms with Gasteiger partial charge in [-0.15, -0.1) is 0 Å². The summed E-state index contributed by atoms with van der Waals surface area (Å²) in [5.41, 5.74) is 0.457. The summed E-state index contributed by atoms with van der Waals surface area (Å²) in [5.74, 6) is -0.0307. The summed E-state index contributed by atoms with van der Waals surface area (Å²) in [4.78, 5) is 10.9. The normalized spacial score (nSPS) is 8.60. The van der Waals surface area contributed by atoms with E-state index in [1.807, 2.05) is 0 Å². The number of allylic oxidation sites excluding steroid dienone is 1. The zero-order valence-corrected chi connectivity index (χ0v) is 6.44. The first-order chi connectivity index (χ1) is 4.59. The van der Waals surface area contributed by atoms with Gasteiger partial charge in [0.05, 0.1) is 6.61 Å². The van der Waals surface area contributed by atoms with E-state index in [4.69, 9.17) is 4.74 Å². The van der Waals surface area contributed by atoms with Gasteiger partial charge in [-0.25, -0.2) is 0 Å². The molecule has 0 N–H and O–H groups in total. The van der Waals surface area contributed by atoms with Crippen molar-refractivity contribution in [2.45, 2.75) is 13.8 Å². The third-order valence-electron chi connectivity index (χ3n) is 0.959. The predicted octanol–water partition coefficient (Wildman–Crippen LogP) is 1.68. The highest BCUT2D eigenvalue weighted by molar-refractivity contribution is 6.05. The van der Waals surface area contributed by atoms with Crippen LogP contribution in [-0.2, 0) is 9.53 Å². The molecule has 0 aliphatic heterocycles. The Kier molecular flexibility index (Phi) is 3.47. The van der Waals surface area contributed by atoms with Crippen LogP contribution in [-0.4, -0.2) is 12.4 Å². The van der Waals surface area contributed by atoms with Crippen molar-refractivity contribution in [3.05, 3.63) is 24.5 Å². The molecule has 0 aromatic carbocycles. The topological polar surface area (TPSA) is 26.3 Å². The van der Waals surface area contributed by atoms with Crippen LogP contribution >= 0.6 is 0 Å². The Bertz CT molecular complexity index is 168. The molecule has 0 saturated carbocycles. The van der Waals surface area contributed by atoms with Crippen LogP contribution in [0.15, 0.2) is 24.5 Å². The van der Waals surface area contributed by atoms with E-state index in [0.29, 0.717) is 12.2 Å². The molecule has 2 nitrogen and oxygen atoms in total. The molecule has 0 spiro atoms. The summed E-state index contributed by atoms with van der Waals surface area (Å²) in [6.07, 6.45) is 0. The maximum absolute atomic E-state index is 10.9. The van der Waals surface area contributed by atoms with E-state index in [1.54, 1.807) is 13.8 Å². The Morgan fingerprint density at radius 3 is 2.30 bits per heavy atom. The van der Waals surface area contributed by atoms with E-state index >= 15 is 0 Å². The molecule has 10 heavy (non-hydrogen) atoms. The van der Waals surface area contributed by atoms with Crippen LogP contribution < -0.4 is 0 Å². The van der Waals surface area contributed by atoms with Crippen LogP contribution in [0.25, 0.3) is 0 Å². The Morgan fingerprint density at radius 1 is 1.50 bits per heavy atom. The molecule has 0 aliphatic rings. The average Bonchev–Trinajstić information content (AvgIpc) is 1.87. The van der Waals surface area contributed by atoms with Gasteiger partial charge in [-0.1, -0.05) is 13.2 Å². The minimum Gasteiger partial charge on any atom is -0.490 e. The first-order valence-electron chi connectivity index (χ1n) is 3.11. The summed E-state index contributed by atoms with van der Waals surface area (Å²) in [6, 6.07) is 0. The quantitative estimate of drug-likeness (QED) is 0.438. The highest BCUT2D eigenvalue weighted by atomic mass is 16.5. The molecule has 0 radical (unpaired) electrons. The first-order valence-corrected chi connectivity index (χ1v) is 3.11. The standard InChI is InChI=1S/C8H12O2/c1-5-10-7(4)8(9)6(2)3/h2,4-5H2,1,3H3. The third-order valence-corrected chi connectivity index (χ3v) is 0.959. The van der Waals surface area contributed by atoms with Crippen molar-refractivity contribution >= 4 is 5.78 Å². The van der Waals surface area contributed by atoms with Crippen molar-refractivity contribution in [1.29, 1.82) is 0 Å². The molecule has 0 aromatic rings. The summed E-state index contributed by atoms with van der Waals surface area (Å²) >= 11 is 0. The fourth-order valence-corrected chi connectivity index (χ4v) is 0.478. The molecule has 0 saturated heterocycles. The van der Waals surface area contributed by atoms with E-state index in [2.05, 4.69) is 13.2 Å². The number of hydrogen-bond donors (Lipinski definition) is 0. The average molecular weight is 140 g/mol. The van der Waals surface area contributed by atoms with Crippen LogP contribution in [0.1, 0.15) is 13.8 Å². The Morgan fingerprint density at radius 2 is 2.00 bits per heavy atom. The minimum absolute atomic E-state index is 0.176. The second kappa shape index (κ2) is 3.88. The maximum Gasteiger partial charge on any atom is 0.222 e. The fourth-order valence-electron chi connectivity index (χ4n) is 0.478. The molecule has 0 bridgehead atoms. The largest absolute Gasteiger partial charge is 0.490 e. The van der Waals surface area contributed by atoms with E-state index in [1.165, 1.54) is 0 Å². The zero-order valence-electron chi connectivity index (χ0n) is 6.44. The first kappa shape index (κ1) is 8.95. The number of hydrogen-bond acceptors (Lipinski definition) is 2. The summed E-state index contributed by atoms with van der Waals surface area (Å²) in [6.45, 7) is 10.8. The van der Waals surface area contributed by atoms with Crippen LogP contribution in [0.2, 0.25) is 0 Å². The summed E-state index contributed by atoms with van der Waals surface area (Å²) in [7, 11) is 0. The van der Waals surface area contributed by atoms with Crippen LogP contribution in [0.5, 0.6) is 0 Å². The SMILES string of the molecule is C=C(C)C(=O)C(=C)OCC.